The maximum atomic E-state index is 12.7. The molecule has 1 aromatic rings. The standard InChI is InChI=1S/C11H14F3NO.ClH/c1-3-10(15)8-6-7(16-2)4-5-9(8)11(12,13)14;/h4-6,10H,3,15H2,1-2H3;1H. The van der Waals surface area contributed by atoms with E-state index in [2.05, 4.69) is 0 Å². The molecule has 0 aliphatic rings. The van der Waals surface area contributed by atoms with Crippen molar-refractivity contribution in [2.45, 2.75) is 25.6 Å². The predicted molar refractivity (Wildman–Crippen MR) is 62.5 cm³/mol. The van der Waals surface area contributed by atoms with Gasteiger partial charge in [-0.25, -0.2) is 0 Å². The minimum atomic E-state index is -4.38. The van der Waals surface area contributed by atoms with Gasteiger partial charge < -0.3 is 10.5 Å². The lowest BCUT2D eigenvalue weighted by molar-refractivity contribution is -0.138. The van der Waals surface area contributed by atoms with Crippen molar-refractivity contribution in [3.05, 3.63) is 29.3 Å². The number of methoxy groups -OCH3 is 1. The van der Waals surface area contributed by atoms with Crippen LogP contribution in [0.1, 0.15) is 30.5 Å². The van der Waals surface area contributed by atoms with E-state index >= 15 is 0 Å². The van der Waals surface area contributed by atoms with Gasteiger partial charge in [-0.2, -0.15) is 13.2 Å². The van der Waals surface area contributed by atoms with E-state index in [1.165, 1.54) is 19.2 Å². The summed E-state index contributed by atoms with van der Waals surface area (Å²) >= 11 is 0. The molecule has 0 fully saturated rings. The van der Waals surface area contributed by atoms with Gasteiger partial charge in [0.1, 0.15) is 5.75 Å². The third kappa shape index (κ3) is 3.78. The zero-order valence-corrected chi connectivity index (χ0v) is 10.4. The fraction of sp³-hybridized carbons (Fsp3) is 0.455. The van der Waals surface area contributed by atoms with Crippen molar-refractivity contribution in [1.82, 2.24) is 0 Å². The molecule has 0 saturated carbocycles. The van der Waals surface area contributed by atoms with Crippen LogP contribution in [0.3, 0.4) is 0 Å². The van der Waals surface area contributed by atoms with Crippen LogP contribution in [0.25, 0.3) is 0 Å². The maximum absolute atomic E-state index is 12.7. The molecule has 0 aliphatic heterocycles. The van der Waals surface area contributed by atoms with Gasteiger partial charge in [0.2, 0.25) is 0 Å². The first-order valence-electron chi connectivity index (χ1n) is 4.90. The molecule has 1 aromatic carbocycles. The second-order valence-corrected chi connectivity index (χ2v) is 3.47. The van der Waals surface area contributed by atoms with Crippen molar-refractivity contribution in [3.63, 3.8) is 0 Å². The summed E-state index contributed by atoms with van der Waals surface area (Å²) in [7, 11) is 1.41. The van der Waals surface area contributed by atoms with Crippen LogP contribution in [0.4, 0.5) is 13.2 Å². The molecule has 0 aliphatic carbocycles. The second kappa shape index (κ2) is 6.12. The number of benzene rings is 1. The van der Waals surface area contributed by atoms with Crippen LogP contribution in [0.5, 0.6) is 5.75 Å². The van der Waals surface area contributed by atoms with E-state index in [-0.39, 0.29) is 18.0 Å². The first-order chi connectivity index (χ1) is 7.40. The fourth-order valence-electron chi connectivity index (χ4n) is 1.45. The van der Waals surface area contributed by atoms with Crippen molar-refractivity contribution < 1.29 is 17.9 Å². The van der Waals surface area contributed by atoms with Gasteiger partial charge in [-0.15, -0.1) is 12.4 Å². The van der Waals surface area contributed by atoms with Gasteiger partial charge in [-0.05, 0) is 30.2 Å². The SMILES string of the molecule is CCC(N)c1cc(OC)ccc1C(F)(F)F.Cl. The smallest absolute Gasteiger partial charge is 0.416 e. The van der Waals surface area contributed by atoms with Gasteiger partial charge in [0, 0.05) is 6.04 Å². The minimum absolute atomic E-state index is 0. The molecular weight excluding hydrogens is 255 g/mol. The number of alkyl halides is 3. The molecule has 2 N–H and O–H groups in total. The van der Waals surface area contributed by atoms with Gasteiger partial charge >= 0.3 is 6.18 Å². The highest BCUT2D eigenvalue weighted by Crippen LogP contribution is 2.36. The maximum Gasteiger partial charge on any atom is 0.416 e. The molecular formula is C11H15ClF3NO. The van der Waals surface area contributed by atoms with E-state index in [0.29, 0.717) is 12.2 Å². The van der Waals surface area contributed by atoms with E-state index in [9.17, 15) is 13.2 Å². The molecule has 1 rings (SSSR count). The number of hydrogen-bond acceptors (Lipinski definition) is 2. The molecule has 0 spiro atoms. The molecule has 0 aromatic heterocycles. The summed E-state index contributed by atoms with van der Waals surface area (Å²) < 4.78 is 42.9. The summed E-state index contributed by atoms with van der Waals surface area (Å²) in [6.45, 7) is 1.74. The average molecular weight is 270 g/mol. The number of hydrogen-bond donors (Lipinski definition) is 1. The molecule has 98 valence electrons. The van der Waals surface area contributed by atoms with Crippen molar-refractivity contribution in [2.75, 3.05) is 7.11 Å². The first-order valence-corrected chi connectivity index (χ1v) is 4.90. The van der Waals surface area contributed by atoms with E-state index in [1.807, 2.05) is 0 Å². The number of halogens is 4. The van der Waals surface area contributed by atoms with E-state index < -0.39 is 17.8 Å². The molecule has 0 radical (unpaired) electrons. The van der Waals surface area contributed by atoms with Crippen molar-refractivity contribution in [1.29, 1.82) is 0 Å². The van der Waals surface area contributed by atoms with Crippen LogP contribution in [0, 0.1) is 0 Å². The van der Waals surface area contributed by atoms with Crippen LogP contribution < -0.4 is 10.5 Å². The van der Waals surface area contributed by atoms with E-state index in [0.717, 1.165) is 6.07 Å². The summed E-state index contributed by atoms with van der Waals surface area (Å²) in [5.41, 5.74) is 5.05. The highest BCUT2D eigenvalue weighted by atomic mass is 35.5. The van der Waals surface area contributed by atoms with Gasteiger partial charge in [-0.1, -0.05) is 6.92 Å². The Hall–Kier alpha value is -0.940. The Kier molecular flexibility index (Phi) is 5.78. The summed E-state index contributed by atoms with van der Waals surface area (Å²) in [4.78, 5) is 0. The largest absolute Gasteiger partial charge is 0.497 e. The summed E-state index contributed by atoms with van der Waals surface area (Å²) in [5, 5.41) is 0. The Bertz CT molecular complexity index is 368. The Morgan fingerprint density at radius 3 is 2.35 bits per heavy atom. The monoisotopic (exact) mass is 269 g/mol. The molecule has 17 heavy (non-hydrogen) atoms. The molecule has 1 atom stereocenters. The van der Waals surface area contributed by atoms with E-state index in [1.54, 1.807) is 6.92 Å². The van der Waals surface area contributed by atoms with Crippen LogP contribution in [-0.4, -0.2) is 7.11 Å². The fourth-order valence-corrected chi connectivity index (χ4v) is 1.45. The topological polar surface area (TPSA) is 35.2 Å². The third-order valence-corrected chi connectivity index (χ3v) is 2.40. The van der Waals surface area contributed by atoms with Crippen molar-refractivity contribution >= 4 is 12.4 Å². The normalized spacial score (nSPS) is 12.8. The summed E-state index contributed by atoms with van der Waals surface area (Å²) in [5.74, 6) is 0.381. The highest BCUT2D eigenvalue weighted by Gasteiger charge is 2.34. The summed E-state index contributed by atoms with van der Waals surface area (Å²) in [6.07, 6.45) is -3.94. The summed E-state index contributed by atoms with van der Waals surface area (Å²) in [6, 6.07) is 3.00. The minimum Gasteiger partial charge on any atom is -0.497 e. The third-order valence-electron chi connectivity index (χ3n) is 2.40. The Morgan fingerprint density at radius 1 is 1.35 bits per heavy atom. The molecule has 0 heterocycles. The second-order valence-electron chi connectivity index (χ2n) is 3.47. The van der Waals surface area contributed by atoms with Crippen molar-refractivity contribution in [2.24, 2.45) is 5.73 Å². The zero-order valence-electron chi connectivity index (χ0n) is 9.54. The van der Waals surface area contributed by atoms with E-state index in [4.69, 9.17) is 10.5 Å². The van der Waals surface area contributed by atoms with Crippen LogP contribution in [0.2, 0.25) is 0 Å². The number of nitrogens with two attached hydrogens (primary N) is 1. The average Bonchev–Trinajstić information content (AvgIpc) is 2.25. The van der Waals surface area contributed by atoms with Gasteiger partial charge in [0.05, 0.1) is 12.7 Å². The van der Waals surface area contributed by atoms with Crippen LogP contribution >= 0.6 is 12.4 Å². The quantitative estimate of drug-likeness (QED) is 0.911. The van der Waals surface area contributed by atoms with Gasteiger partial charge in [-0.3, -0.25) is 0 Å². The predicted octanol–water partition coefficient (Wildman–Crippen LogP) is 3.55. The lowest BCUT2D eigenvalue weighted by Gasteiger charge is -2.18. The number of ether oxygens (including phenoxy) is 1. The zero-order chi connectivity index (χ0) is 12.3. The molecule has 0 saturated heterocycles. The Morgan fingerprint density at radius 2 is 1.94 bits per heavy atom. The lowest BCUT2D eigenvalue weighted by atomic mass is 9.98. The lowest BCUT2D eigenvalue weighted by Crippen LogP contribution is -2.17. The molecule has 2 nitrogen and oxygen atoms in total. The number of rotatable bonds is 3. The molecule has 1 unspecified atom stereocenters. The van der Waals surface area contributed by atoms with Crippen molar-refractivity contribution in [3.8, 4) is 5.75 Å². The van der Waals surface area contributed by atoms with Crippen LogP contribution in [-0.2, 0) is 6.18 Å². The highest BCUT2D eigenvalue weighted by molar-refractivity contribution is 5.85. The molecule has 6 heteroatoms. The molecule has 0 bridgehead atoms. The molecule has 0 amide bonds. The first kappa shape index (κ1) is 16.1. The Labute approximate surface area is 104 Å². The Balaban J connectivity index is 0.00000256. The van der Waals surface area contributed by atoms with Crippen LogP contribution in [0.15, 0.2) is 18.2 Å². The van der Waals surface area contributed by atoms with Gasteiger partial charge in [0.25, 0.3) is 0 Å². The van der Waals surface area contributed by atoms with Gasteiger partial charge in [0.15, 0.2) is 0 Å².